The van der Waals surface area contributed by atoms with Crippen molar-refractivity contribution >= 4 is 5.91 Å². The third-order valence-corrected chi connectivity index (χ3v) is 4.20. The van der Waals surface area contributed by atoms with Crippen molar-refractivity contribution in [2.24, 2.45) is 0 Å². The second-order valence-electron chi connectivity index (χ2n) is 5.94. The molecular weight excluding hydrogens is 252 g/mol. The van der Waals surface area contributed by atoms with Crippen molar-refractivity contribution in [2.45, 2.75) is 32.9 Å². The molecule has 0 aromatic heterocycles. The van der Waals surface area contributed by atoms with Gasteiger partial charge in [-0.1, -0.05) is 6.07 Å². The Kier molecular flexibility index (Phi) is 4.45. The average molecular weight is 276 g/mol. The molecule has 4 heteroatoms. The Morgan fingerprint density at radius 3 is 2.60 bits per heavy atom. The molecule has 1 aliphatic rings. The molecule has 0 unspecified atom stereocenters. The van der Waals surface area contributed by atoms with Crippen molar-refractivity contribution < 1.29 is 9.90 Å². The number of β-amino-alcohol motifs (C(OH)–C–C–N with tert-alkyl or cyclic N) is 1. The van der Waals surface area contributed by atoms with Crippen LogP contribution in [0.5, 0.6) is 0 Å². The third kappa shape index (κ3) is 3.19. The number of amides is 1. The minimum atomic E-state index is -0.192. The van der Waals surface area contributed by atoms with Crippen molar-refractivity contribution in [3.05, 3.63) is 34.9 Å². The first kappa shape index (κ1) is 15.0. The second-order valence-corrected chi connectivity index (χ2v) is 5.94. The van der Waals surface area contributed by atoms with E-state index in [1.165, 1.54) is 5.56 Å². The predicted molar refractivity (Wildman–Crippen MR) is 79.9 cm³/mol. The van der Waals surface area contributed by atoms with Gasteiger partial charge in [0.2, 0.25) is 0 Å². The highest BCUT2D eigenvalue weighted by molar-refractivity contribution is 5.94. The van der Waals surface area contributed by atoms with E-state index in [1.807, 2.05) is 46.0 Å². The fourth-order valence-corrected chi connectivity index (χ4v) is 2.47. The molecular formula is C16H24N2O2. The van der Waals surface area contributed by atoms with Gasteiger partial charge in [0, 0.05) is 38.3 Å². The van der Waals surface area contributed by atoms with Crippen molar-refractivity contribution in [1.82, 2.24) is 9.80 Å². The Balaban J connectivity index is 1.98. The molecule has 1 aromatic carbocycles. The van der Waals surface area contributed by atoms with Crippen LogP contribution in [0, 0.1) is 13.8 Å². The van der Waals surface area contributed by atoms with E-state index in [1.54, 1.807) is 4.90 Å². The van der Waals surface area contributed by atoms with E-state index in [0.29, 0.717) is 0 Å². The summed E-state index contributed by atoms with van der Waals surface area (Å²) in [5.41, 5.74) is 3.08. The van der Waals surface area contributed by atoms with Gasteiger partial charge in [0.15, 0.2) is 0 Å². The number of nitrogens with zero attached hydrogens (tertiary/aromatic N) is 2. The van der Waals surface area contributed by atoms with E-state index in [9.17, 15) is 9.90 Å². The lowest BCUT2D eigenvalue weighted by molar-refractivity contribution is -0.00873. The molecule has 2 rings (SSSR count). The van der Waals surface area contributed by atoms with Crippen LogP contribution in [0.4, 0.5) is 0 Å². The SMILES string of the molecule is Cc1ccc(C(=O)N(C)[C@@H](C)CN2CC(O)C2)cc1C. The third-order valence-electron chi connectivity index (χ3n) is 4.20. The summed E-state index contributed by atoms with van der Waals surface area (Å²) in [5.74, 6) is 0.0571. The molecule has 110 valence electrons. The monoisotopic (exact) mass is 276 g/mol. The van der Waals surface area contributed by atoms with Gasteiger partial charge in [-0.3, -0.25) is 9.69 Å². The summed E-state index contributed by atoms with van der Waals surface area (Å²) in [6.07, 6.45) is -0.192. The molecule has 1 aliphatic heterocycles. The number of carbonyl (C=O) groups excluding carboxylic acids is 1. The summed E-state index contributed by atoms with van der Waals surface area (Å²) < 4.78 is 0. The fourth-order valence-electron chi connectivity index (χ4n) is 2.47. The highest BCUT2D eigenvalue weighted by Gasteiger charge is 2.27. The number of likely N-dealkylation sites (N-methyl/N-ethyl adjacent to an activating group) is 1. The maximum absolute atomic E-state index is 12.5. The number of likely N-dealkylation sites (tertiary alicyclic amines) is 1. The number of aryl methyl sites for hydroxylation is 2. The van der Waals surface area contributed by atoms with Gasteiger partial charge in [0.05, 0.1) is 6.10 Å². The van der Waals surface area contributed by atoms with Crippen LogP contribution in [0.3, 0.4) is 0 Å². The maximum Gasteiger partial charge on any atom is 0.253 e. The molecule has 1 heterocycles. The van der Waals surface area contributed by atoms with E-state index in [2.05, 4.69) is 4.90 Å². The second kappa shape index (κ2) is 5.94. The molecule has 4 nitrogen and oxygen atoms in total. The molecule has 0 bridgehead atoms. The first-order valence-electron chi connectivity index (χ1n) is 7.13. The average Bonchev–Trinajstić information content (AvgIpc) is 2.38. The molecule has 1 amide bonds. The number of benzene rings is 1. The van der Waals surface area contributed by atoms with Crippen LogP contribution in [-0.4, -0.2) is 59.6 Å². The minimum Gasteiger partial charge on any atom is -0.390 e. The molecule has 1 aromatic rings. The summed E-state index contributed by atoms with van der Waals surface area (Å²) in [4.78, 5) is 16.4. The van der Waals surface area contributed by atoms with Crippen LogP contribution in [0.1, 0.15) is 28.4 Å². The van der Waals surface area contributed by atoms with Gasteiger partial charge in [-0.25, -0.2) is 0 Å². The van der Waals surface area contributed by atoms with Gasteiger partial charge in [0.1, 0.15) is 0 Å². The molecule has 0 spiro atoms. The summed E-state index contributed by atoms with van der Waals surface area (Å²) in [7, 11) is 1.85. The van der Waals surface area contributed by atoms with Crippen LogP contribution in [0.25, 0.3) is 0 Å². The number of carbonyl (C=O) groups is 1. The smallest absolute Gasteiger partial charge is 0.253 e. The number of hydrogen-bond acceptors (Lipinski definition) is 3. The summed E-state index contributed by atoms with van der Waals surface area (Å²) in [6.45, 7) is 8.36. The molecule has 0 saturated carbocycles. The number of hydrogen-bond donors (Lipinski definition) is 1. The number of rotatable bonds is 4. The summed E-state index contributed by atoms with van der Waals surface area (Å²) >= 11 is 0. The van der Waals surface area contributed by atoms with Crippen LogP contribution >= 0.6 is 0 Å². The largest absolute Gasteiger partial charge is 0.390 e. The number of aliphatic hydroxyl groups excluding tert-OH is 1. The van der Waals surface area contributed by atoms with Gasteiger partial charge >= 0.3 is 0 Å². The van der Waals surface area contributed by atoms with Crippen molar-refractivity contribution in [1.29, 1.82) is 0 Å². The lowest BCUT2D eigenvalue weighted by Crippen LogP contribution is -2.55. The Hall–Kier alpha value is -1.39. The summed E-state index contributed by atoms with van der Waals surface area (Å²) in [6, 6.07) is 5.97. The lowest BCUT2D eigenvalue weighted by Gasteiger charge is -2.39. The molecule has 1 atom stereocenters. The summed E-state index contributed by atoms with van der Waals surface area (Å²) in [5, 5.41) is 9.29. The Labute approximate surface area is 121 Å². The van der Waals surface area contributed by atoms with Crippen molar-refractivity contribution in [2.75, 3.05) is 26.7 Å². The standard InChI is InChI=1S/C16H24N2O2/c1-11-5-6-14(7-12(11)2)16(20)17(4)13(3)8-18-9-15(19)10-18/h5-7,13,15,19H,8-10H2,1-4H3/t13-/m0/s1. The van der Waals surface area contributed by atoms with Gasteiger partial charge in [-0.2, -0.15) is 0 Å². The van der Waals surface area contributed by atoms with E-state index in [-0.39, 0.29) is 18.1 Å². The van der Waals surface area contributed by atoms with Gasteiger partial charge < -0.3 is 10.0 Å². The van der Waals surface area contributed by atoms with E-state index < -0.39 is 0 Å². The van der Waals surface area contributed by atoms with Crippen LogP contribution in [0.15, 0.2) is 18.2 Å². The molecule has 20 heavy (non-hydrogen) atoms. The highest BCUT2D eigenvalue weighted by Crippen LogP contribution is 2.14. The van der Waals surface area contributed by atoms with Gasteiger partial charge in [-0.05, 0) is 44.0 Å². The zero-order valence-electron chi connectivity index (χ0n) is 12.8. The minimum absolute atomic E-state index is 0.0571. The highest BCUT2D eigenvalue weighted by atomic mass is 16.3. The van der Waals surface area contributed by atoms with E-state index >= 15 is 0 Å². The Morgan fingerprint density at radius 2 is 2.05 bits per heavy atom. The van der Waals surface area contributed by atoms with Gasteiger partial charge in [-0.15, -0.1) is 0 Å². The number of aliphatic hydroxyl groups is 1. The molecule has 1 saturated heterocycles. The topological polar surface area (TPSA) is 43.8 Å². The van der Waals surface area contributed by atoms with Crippen molar-refractivity contribution in [3.63, 3.8) is 0 Å². The molecule has 0 radical (unpaired) electrons. The van der Waals surface area contributed by atoms with Gasteiger partial charge in [0.25, 0.3) is 5.91 Å². The normalized spacial score (nSPS) is 17.6. The first-order chi connectivity index (χ1) is 9.38. The predicted octanol–water partition coefficient (Wildman–Crippen LogP) is 1.44. The Morgan fingerprint density at radius 1 is 1.40 bits per heavy atom. The quantitative estimate of drug-likeness (QED) is 0.905. The van der Waals surface area contributed by atoms with Crippen LogP contribution in [0.2, 0.25) is 0 Å². The molecule has 0 aliphatic carbocycles. The lowest BCUT2D eigenvalue weighted by atomic mass is 10.0. The van der Waals surface area contributed by atoms with Crippen LogP contribution in [-0.2, 0) is 0 Å². The zero-order valence-corrected chi connectivity index (χ0v) is 12.8. The fraction of sp³-hybridized carbons (Fsp3) is 0.562. The van der Waals surface area contributed by atoms with Crippen LogP contribution < -0.4 is 0 Å². The molecule has 1 fully saturated rings. The maximum atomic E-state index is 12.5. The van der Waals surface area contributed by atoms with E-state index in [4.69, 9.17) is 0 Å². The Bertz CT molecular complexity index is 495. The van der Waals surface area contributed by atoms with E-state index in [0.717, 1.165) is 30.8 Å². The zero-order chi connectivity index (χ0) is 14.9. The first-order valence-corrected chi connectivity index (χ1v) is 7.13. The van der Waals surface area contributed by atoms with Crippen molar-refractivity contribution in [3.8, 4) is 0 Å². The molecule has 1 N–H and O–H groups in total.